The number of rotatable bonds is 5. The number of halogens is 1. The summed E-state index contributed by atoms with van der Waals surface area (Å²) in [6, 6.07) is 13.4. The van der Waals surface area contributed by atoms with Crippen LogP contribution in [0.15, 0.2) is 36.4 Å². The number of anilines is 1. The summed E-state index contributed by atoms with van der Waals surface area (Å²) in [6.45, 7) is 3.15. The van der Waals surface area contributed by atoms with Gasteiger partial charge >= 0.3 is 0 Å². The van der Waals surface area contributed by atoms with Gasteiger partial charge < -0.3 is 10.2 Å². The second-order valence-electron chi connectivity index (χ2n) is 6.23. The number of aryl methyl sites for hydroxylation is 1. The van der Waals surface area contributed by atoms with Crippen molar-refractivity contribution in [3.8, 4) is 6.07 Å². The zero-order valence-corrected chi connectivity index (χ0v) is 14.8. The molecule has 3 rings (SSSR count). The zero-order chi connectivity index (χ0) is 17.8. The van der Waals surface area contributed by atoms with Crippen LogP contribution >= 0.6 is 11.6 Å². The summed E-state index contributed by atoms with van der Waals surface area (Å²) < 4.78 is 0. The highest BCUT2D eigenvalue weighted by molar-refractivity contribution is 6.30. The highest BCUT2D eigenvalue weighted by atomic mass is 35.5. The molecule has 1 aromatic carbocycles. The number of nitriles is 1. The number of pyridine rings is 1. The summed E-state index contributed by atoms with van der Waals surface area (Å²) in [5.41, 5.74) is 2.45. The van der Waals surface area contributed by atoms with E-state index in [1.54, 1.807) is 12.1 Å². The summed E-state index contributed by atoms with van der Waals surface area (Å²) in [7, 11) is 0. The summed E-state index contributed by atoms with van der Waals surface area (Å²) in [4.78, 5) is 18.5. The lowest BCUT2D eigenvalue weighted by molar-refractivity contribution is -0.127. The highest BCUT2D eigenvalue weighted by Gasteiger charge is 2.29. The number of nitrogens with one attached hydrogen (secondary N) is 1. The van der Waals surface area contributed by atoms with E-state index in [-0.39, 0.29) is 11.9 Å². The largest absolute Gasteiger partial charge is 0.364 e. The molecule has 5 nitrogen and oxygen atoms in total. The summed E-state index contributed by atoms with van der Waals surface area (Å²) in [6.07, 6.45) is 1.18. The van der Waals surface area contributed by atoms with E-state index in [0.717, 1.165) is 17.7 Å². The number of hydrogen-bond donors (Lipinski definition) is 1. The van der Waals surface area contributed by atoms with E-state index in [2.05, 4.69) is 16.4 Å². The van der Waals surface area contributed by atoms with Crippen LogP contribution in [-0.4, -0.2) is 34.9 Å². The SMILES string of the molecule is Cc1ccc(C#N)c(N[C@H]2CC(=O)N(CCc3cccc(Cl)c3)C2)n1. The maximum absolute atomic E-state index is 12.3. The van der Waals surface area contributed by atoms with Gasteiger partial charge in [0, 0.05) is 30.2 Å². The number of benzene rings is 1. The van der Waals surface area contributed by atoms with Gasteiger partial charge in [0.05, 0.1) is 11.6 Å². The number of carbonyl (C=O) groups is 1. The van der Waals surface area contributed by atoms with Gasteiger partial charge in [-0.3, -0.25) is 4.79 Å². The van der Waals surface area contributed by atoms with Gasteiger partial charge in [-0.05, 0) is 43.2 Å². The molecule has 1 saturated heterocycles. The third-order valence-corrected chi connectivity index (χ3v) is 4.50. The van der Waals surface area contributed by atoms with Gasteiger partial charge in [0.2, 0.25) is 5.91 Å². The molecule has 2 aromatic rings. The third kappa shape index (κ3) is 4.28. The molecule has 1 fully saturated rings. The van der Waals surface area contributed by atoms with Crippen LogP contribution in [0.3, 0.4) is 0 Å². The predicted molar refractivity (Wildman–Crippen MR) is 97.5 cm³/mol. The minimum atomic E-state index is -0.0340. The van der Waals surface area contributed by atoms with Crippen molar-refractivity contribution < 1.29 is 4.79 Å². The first-order valence-electron chi connectivity index (χ1n) is 8.21. The Balaban J connectivity index is 1.61. The molecule has 1 atom stereocenters. The molecule has 6 heteroatoms. The second-order valence-corrected chi connectivity index (χ2v) is 6.66. The lowest BCUT2D eigenvalue weighted by atomic mass is 10.1. The maximum atomic E-state index is 12.3. The van der Waals surface area contributed by atoms with Crippen LogP contribution in [0.1, 0.15) is 23.2 Å². The van der Waals surface area contributed by atoms with Crippen LogP contribution in [0, 0.1) is 18.3 Å². The molecule has 1 aliphatic rings. The maximum Gasteiger partial charge on any atom is 0.224 e. The van der Waals surface area contributed by atoms with Gasteiger partial charge in [-0.2, -0.15) is 5.26 Å². The fraction of sp³-hybridized carbons (Fsp3) is 0.316. The Morgan fingerprint density at radius 3 is 3.00 bits per heavy atom. The van der Waals surface area contributed by atoms with E-state index in [1.165, 1.54) is 0 Å². The number of likely N-dealkylation sites (tertiary alicyclic amines) is 1. The predicted octanol–water partition coefficient (Wildman–Crippen LogP) is 3.17. The van der Waals surface area contributed by atoms with Gasteiger partial charge in [0.25, 0.3) is 0 Å². The van der Waals surface area contributed by atoms with Gasteiger partial charge in [-0.1, -0.05) is 23.7 Å². The van der Waals surface area contributed by atoms with Gasteiger partial charge in [0.1, 0.15) is 11.9 Å². The number of aromatic nitrogens is 1. The minimum absolute atomic E-state index is 0.0340. The molecule has 128 valence electrons. The summed E-state index contributed by atoms with van der Waals surface area (Å²) in [5, 5.41) is 13.2. The van der Waals surface area contributed by atoms with Crippen molar-refractivity contribution in [2.45, 2.75) is 25.8 Å². The van der Waals surface area contributed by atoms with Gasteiger partial charge in [-0.15, -0.1) is 0 Å². The van der Waals surface area contributed by atoms with Crippen LogP contribution in [0.5, 0.6) is 0 Å². The Kier molecular flexibility index (Phi) is 5.20. The molecular formula is C19H19ClN4O. The number of carbonyl (C=O) groups excluding carboxylic acids is 1. The average Bonchev–Trinajstić information content (AvgIpc) is 2.93. The van der Waals surface area contributed by atoms with E-state index in [4.69, 9.17) is 11.6 Å². The van der Waals surface area contributed by atoms with Gasteiger partial charge in [0.15, 0.2) is 0 Å². The van der Waals surface area contributed by atoms with E-state index >= 15 is 0 Å². The Morgan fingerprint density at radius 2 is 2.24 bits per heavy atom. The molecule has 0 bridgehead atoms. The number of hydrogen-bond acceptors (Lipinski definition) is 4. The van der Waals surface area contributed by atoms with E-state index in [0.29, 0.717) is 35.9 Å². The summed E-state index contributed by atoms with van der Waals surface area (Å²) in [5.74, 6) is 0.669. The van der Waals surface area contributed by atoms with Gasteiger partial charge in [-0.25, -0.2) is 4.98 Å². The van der Waals surface area contributed by atoms with E-state index in [9.17, 15) is 10.1 Å². The first-order valence-corrected chi connectivity index (χ1v) is 8.59. The lowest BCUT2D eigenvalue weighted by Crippen LogP contribution is -2.30. The van der Waals surface area contributed by atoms with Crippen LogP contribution in [0.2, 0.25) is 5.02 Å². The molecule has 0 aliphatic carbocycles. The molecule has 0 unspecified atom stereocenters. The molecule has 1 amide bonds. The first-order chi connectivity index (χ1) is 12.0. The quantitative estimate of drug-likeness (QED) is 0.895. The number of nitrogens with zero attached hydrogens (tertiary/aromatic N) is 3. The standard InChI is InChI=1S/C19H19ClN4O/c1-13-5-6-15(11-21)19(22-13)23-17-10-18(25)24(12-17)8-7-14-3-2-4-16(20)9-14/h2-6,9,17H,7-8,10,12H2,1H3,(H,22,23)/t17-/m0/s1. The third-order valence-electron chi connectivity index (χ3n) is 4.27. The highest BCUT2D eigenvalue weighted by Crippen LogP contribution is 2.20. The Labute approximate surface area is 152 Å². The molecule has 1 N–H and O–H groups in total. The van der Waals surface area contributed by atoms with E-state index < -0.39 is 0 Å². The van der Waals surface area contributed by atoms with Crippen molar-refractivity contribution in [3.05, 3.63) is 58.2 Å². The normalized spacial score (nSPS) is 16.8. The molecular weight excluding hydrogens is 336 g/mol. The van der Waals surface area contributed by atoms with Crippen molar-refractivity contribution in [2.24, 2.45) is 0 Å². The topological polar surface area (TPSA) is 69.0 Å². The molecule has 0 radical (unpaired) electrons. The van der Waals surface area contributed by atoms with Crippen LogP contribution in [-0.2, 0) is 11.2 Å². The van der Waals surface area contributed by atoms with Crippen LogP contribution in [0.4, 0.5) is 5.82 Å². The average molecular weight is 355 g/mol. The van der Waals surface area contributed by atoms with Crippen molar-refractivity contribution in [3.63, 3.8) is 0 Å². The van der Waals surface area contributed by atoms with Crippen molar-refractivity contribution >= 4 is 23.3 Å². The molecule has 1 aromatic heterocycles. The Hall–Kier alpha value is -2.58. The molecule has 25 heavy (non-hydrogen) atoms. The van der Waals surface area contributed by atoms with Crippen molar-refractivity contribution in [2.75, 3.05) is 18.4 Å². The fourth-order valence-corrected chi connectivity index (χ4v) is 3.20. The minimum Gasteiger partial charge on any atom is -0.364 e. The molecule has 0 spiro atoms. The zero-order valence-electron chi connectivity index (χ0n) is 14.0. The lowest BCUT2D eigenvalue weighted by Gasteiger charge is -2.18. The Bertz CT molecular complexity index is 830. The van der Waals surface area contributed by atoms with Crippen molar-refractivity contribution in [1.29, 1.82) is 5.26 Å². The molecule has 1 aliphatic heterocycles. The first kappa shape index (κ1) is 17.2. The van der Waals surface area contributed by atoms with Crippen LogP contribution in [0.25, 0.3) is 0 Å². The number of amides is 1. The summed E-state index contributed by atoms with van der Waals surface area (Å²) >= 11 is 6.00. The Morgan fingerprint density at radius 1 is 1.40 bits per heavy atom. The van der Waals surface area contributed by atoms with Crippen molar-refractivity contribution in [1.82, 2.24) is 9.88 Å². The van der Waals surface area contributed by atoms with E-state index in [1.807, 2.05) is 36.1 Å². The molecule has 0 saturated carbocycles. The van der Waals surface area contributed by atoms with Crippen LogP contribution < -0.4 is 5.32 Å². The second kappa shape index (κ2) is 7.54. The molecule has 2 heterocycles. The smallest absolute Gasteiger partial charge is 0.224 e. The fourth-order valence-electron chi connectivity index (χ4n) is 2.99. The monoisotopic (exact) mass is 354 g/mol.